The van der Waals surface area contributed by atoms with E-state index in [0.29, 0.717) is 46.9 Å². The van der Waals surface area contributed by atoms with Crippen molar-refractivity contribution in [2.24, 2.45) is 0 Å². The molecule has 1 aliphatic heterocycles. The van der Waals surface area contributed by atoms with Gasteiger partial charge in [-0.3, -0.25) is 4.90 Å². The molecular weight excluding hydrogens is 398 g/mol. The van der Waals surface area contributed by atoms with Gasteiger partial charge in [0.2, 0.25) is 0 Å². The molecule has 5 nitrogen and oxygen atoms in total. The van der Waals surface area contributed by atoms with Gasteiger partial charge in [-0.05, 0) is 37.6 Å². The van der Waals surface area contributed by atoms with Gasteiger partial charge < -0.3 is 0 Å². The van der Waals surface area contributed by atoms with Crippen molar-refractivity contribution < 1.29 is 17.6 Å². The molecular formula is C18H16ClF4N5. The molecule has 0 amide bonds. The van der Waals surface area contributed by atoms with E-state index in [-0.39, 0.29) is 11.7 Å². The van der Waals surface area contributed by atoms with Gasteiger partial charge in [-0.25, -0.2) is 9.37 Å². The van der Waals surface area contributed by atoms with E-state index in [4.69, 9.17) is 11.6 Å². The molecule has 0 N–H and O–H groups in total. The molecule has 1 atom stereocenters. The summed E-state index contributed by atoms with van der Waals surface area (Å²) in [6.45, 7) is 1.46. The predicted octanol–water partition coefficient (Wildman–Crippen LogP) is 4.32. The molecule has 10 heteroatoms. The summed E-state index contributed by atoms with van der Waals surface area (Å²) in [4.78, 5) is 10.1. The van der Waals surface area contributed by atoms with Crippen LogP contribution in [0.3, 0.4) is 0 Å². The molecule has 0 spiro atoms. The number of rotatable bonds is 3. The number of benzene rings is 1. The Kier molecular flexibility index (Phi) is 4.96. The Morgan fingerprint density at radius 3 is 2.82 bits per heavy atom. The number of piperidine rings is 1. The zero-order chi connectivity index (χ0) is 19.9. The topological polar surface area (TPSA) is 46.3 Å². The van der Waals surface area contributed by atoms with Gasteiger partial charge >= 0.3 is 6.18 Å². The molecule has 148 valence electrons. The third kappa shape index (κ3) is 3.68. The summed E-state index contributed by atoms with van der Waals surface area (Å²) in [5.74, 6) is -0.696. The maximum absolute atomic E-state index is 14.1. The smallest absolute Gasteiger partial charge is 0.298 e. The molecule has 1 aromatic carbocycles. The molecule has 0 aliphatic carbocycles. The molecule has 0 radical (unpaired) electrons. The monoisotopic (exact) mass is 413 g/mol. The van der Waals surface area contributed by atoms with Crippen molar-refractivity contribution in [1.82, 2.24) is 24.5 Å². The molecule has 3 aromatic rings. The fourth-order valence-corrected chi connectivity index (χ4v) is 3.81. The van der Waals surface area contributed by atoms with Gasteiger partial charge in [0.15, 0.2) is 5.69 Å². The van der Waals surface area contributed by atoms with Gasteiger partial charge in [0, 0.05) is 29.6 Å². The summed E-state index contributed by atoms with van der Waals surface area (Å²) < 4.78 is 55.0. The minimum Gasteiger partial charge on any atom is -0.298 e. The molecule has 2 aromatic heterocycles. The average molecular weight is 414 g/mol. The zero-order valence-electron chi connectivity index (χ0n) is 14.6. The highest BCUT2D eigenvalue weighted by Gasteiger charge is 2.36. The summed E-state index contributed by atoms with van der Waals surface area (Å²) in [7, 11) is 0. The summed E-state index contributed by atoms with van der Waals surface area (Å²) in [6.07, 6.45) is -2.07. The SMILES string of the molecule is Fc1cccc(Cl)c1CN1CCCC(c2cc(C(F)(F)F)n3ncnc3n2)C1. The summed E-state index contributed by atoms with van der Waals surface area (Å²) in [5, 5.41) is 3.96. The second kappa shape index (κ2) is 7.29. The number of hydrogen-bond acceptors (Lipinski definition) is 4. The lowest BCUT2D eigenvalue weighted by atomic mass is 9.93. The van der Waals surface area contributed by atoms with Crippen LogP contribution in [-0.2, 0) is 12.7 Å². The largest absolute Gasteiger partial charge is 0.433 e. The van der Waals surface area contributed by atoms with Gasteiger partial charge in [-0.15, -0.1) is 0 Å². The Morgan fingerprint density at radius 1 is 1.25 bits per heavy atom. The molecule has 1 unspecified atom stereocenters. The first-order valence-electron chi connectivity index (χ1n) is 8.76. The van der Waals surface area contributed by atoms with Gasteiger partial charge in [-0.1, -0.05) is 17.7 Å². The van der Waals surface area contributed by atoms with Crippen LogP contribution < -0.4 is 0 Å². The molecule has 1 fully saturated rings. The van der Waals surface area contributed by atoms with Crippen molar-refractivity contribution in [2.45, 2.75) is 31.5 Å². The molecule has 4 rings (SSSR count). The van der Waals surface area contributed by atoms with Crippen LogP contribution in [-0.4, -0.2) is 37.6 Å². The molecule has 0 bridgehead atoms. The van der Waals surface area contributed by atoms with E-state index in [2.05, 4.69) is 15.1 Å². The van der Waals surface area contributed by atoms with Gasteiger partial charge in [0.1, 0.15) is 12.1 Å². The van der Waals surface area contributed by atoms with E-state index in [1.165, 1.54) is 12.1 Å². The Bertz CT molecular complexity index is 983. The van der Waals surface area contributed by atoms with Crippen LogP contribution in [0, 0.1) is 5.82 Å². The van der Waals surface area contributed by atoms with Crippen LogP contribution in [0.15, 0.2) is 30.6 Å². The normalized spacial score (nSPS) is 18.7. The predicted molar refractivity (Wildman–Crippen MR) is 94.4 cm³/mol. The lowest BCUT2D eigenvalue weighted by molar-refractivity contribution is -0.142. The molecule has 1 saturated heterocycles. The molecule has 28 heavy (non-hydrogen) atoms. The molecule has 1 aliphatic rings. The Morgan fingerprint density at radius 2 is 2.07 bits per heavy atom. The van der Waals surface area contributed by atoms with Crippen LogP contribution >= 0.6 is 11.6 Å². The Labute approximate surface area is 163 Å². The van der Waals surface area contributed by atoms with E-state index >= 15 is 0 Å². The van der Waals surface area contributed by atoms with Crippen molar-refractivity contribution in [1.29, 1.82) is 0 Å². The number of aromatic nitrogens is 4. The van der Waals surface area contributed by atoms with Crippen LogP contribution in [0.4, 0.5) is 17.6 Å². The fourth-order valence-electron chi connectivity index (χ4n) is 3.59. The minimum absolute atomic E-state index is 0.0842. The first-order chi connectivity index (χ1) is 13.3. The maximum Gasteiger partial charge on any atom is 0.433 e. The van der Waals surface area contributed by atoms with Gasteiger partial charge in [-0.2, -0.15) is 27.8 Å². The highest BCUT2D eigenvalue weighted by molar-refractivity contribution is 6.31. The number of halogens is 5. The quantitative estimate of drug-likeness (QED) is 0.600. The van der Waals surface area contributed by atoms with E-state index in [1.807, 2.05) is 4.90 Å². The van der Waals surface area contributed by atoms with Crippen LogP contribution in [0.2, 0.25) is 5.02 Å². The van der Waals surface area contributed by atoms with E-state index in [9.17, 15) is 17.6 Å². The molecule has 0 saturated carbocycles. The van der Waals surface area contributed by atoms with E-state index in [1.54, 1.807) is 6.07 Å². The highest BCUT2D eigenvalue weighted by Crippen LogP contribution is 2.33. The lowest BCUT2D eigenvalue weighted by Gasteiger charge is -2.33. The van der Waals surface area contributed by atoms with Crippen molar-refractivity contribution in [3.63, 3.8) is 0 Å². The van der Waals surface area contributed by atoms with Gasteiger partial charge in [0.25, 0.3) is 5.78 Å². The third-order valence-corrected chi connectivity index (χ3v) is 5.28. The minimum atomic E-state index is -4.57. The van der Waals surface area contributed by atoms with Crippen molar-refractivity contribution in [3.8, 4) is 0 Å². The number of alkyl halides is 3. The first-order valence-corrected chi connectivity index (χ1v) is 9.14. The standard InChI is InChI=1S/C18H16ClF4N5/c19-13-4-1-5-14(20)12(13)9-27-6-2-3-11(8-27)15-7-16(18(21,22)23)28-17(26-15)24-10-25-28/h1,4-5,7,10-11H,2-3,6,8-9H2. The third-order valence-electron chi connectivity index (χ3n) is 4.93. The lowest BCUT2D eigenvalue weighted by Crippen LogP contribution is -2.34. The van der Waals surface area contributed by atoms with E-state index < -0.39 is 17.7 Å². The number of fused-ring (bicyclic) bond motifs is 1. The van der Waals surface area contributed by atoms with Crippen LogP contribution in [0.25, 0.3) is 5.78 Å². The van der Waals surface area contributed by atoms with Crippen LogP contribution in [0.1, 0.15) is 35.7 Å². The van der Waals surface area contributed by atoms with Crippen LogP contribution in [0.5, 0.6) is 0 Å². The number of hydrogen-bond donors (Lipinski definition) is 0. The second-order valence-electron chi connectivity index (χ2n) is 6.81. The number of nitrogens with zero attached hydrogens (tertiary/aromatic N) is 5. The Hall–Kier alpha value is -2.26. The maximum atomic E-state index is 14.1. The average Bonchev–Trinajstić information content (AvgIpc) is 3.12. The molecule has 3 heterocycles. The number of likely N-dealkylation sites (tertiary alicyclic amines) is 1. The second-order valence-corrected chi connectivity index (χ2v) is 7.22. The Balaban J connectivity index is 1.61. The summed E-state index contributed by atoms with van der Waals surface area (Å²) >= 11 is 6.10. The zero-order valence-corrected chi connectivity index (χ0v) is 15.4. The van der Waals surface area contributed by atoms with Gasteiger partial charge in [0.05, 0.1) is 5.69 Å². The van der Waals surface area contributed by atoms with Crippen molar-refractivity contribution in [2.75, 3.05) is 13.1 Å². The highest BCUT2D eigenvalue weighted by atomic mass is 35.5. The summed E-state index contributed by atoms with van der Waals surface area (Å²) in [5.41, 5.74) is -0.196. The van der Waals surface area contributed by atoms with E-state index in [0.717, 1.165) is 18.8 Å². The fraction of sp³-hybridized carbons (Fsp3) is 0.389. The summed E-state index contributed by atoms with van der Waals surface area (Å²) in [6, 6.07) is 5.54. The van der Waals surface area contributed by atoms with Crippen molar-refractivity contribution in [3.05, 3.63) is 58.4 Å². The van der Waals surface area contributed by atoms with Crippen molar-refractivity contribution >= 4 is 17.4 Å². The first kappa shape index (κ1) is 19.1.